The zero-order chi connectivity index (χ0) is 25.5. The van der Waals surface area contributed by atoms with Gasteiger partial charge in [-0.15, -0.1) is 0 Å². The van der Waals surface area contributed by atoms with Crippen LogP contribution in [-0.2, 0) is 14.3 Å². The quantitative estimate of drug-likeness (QED) is 0.235. The van der Waals surface area contributed by atoms with E-state index in [2.05, 4.69) is 11.5 Å². The average Bonchev–Trinajstić information content (AvgIpc) is 3.17. The van der Waals surface area contributed by atoms with Gasteiger partial charge in [-0.2, -0.15) is 0 Å². The fraction of sp³-hybridized carbons (Fsp3) is 0.357. The zero-order valence-electron chi connectivity index (χ0n) is 20.5. The summed E-state index contributed by atoms with van der Waals surface area (Å²) >= 11 is 0. The first kappa shape index (κ1) is 25.5. The van der Waals surface area contributed by atoms with Gasteiger partial charge in [0.25, 0.3) is 11.7 Å². The van der Waals surface area contributed by atoms with Crippen LogP contribution in [-0.4, -0.2) is 79.7 Å². The van der Waals surface area contributed by atoms with E-state index in [1.54, 1.807) is 54.5 Å². The summed E-state index contributed by atoms with van der Waals surface area (Å²) in [6.45, 7) is 8.32. The van der Waals surface area contributed by atoms with Crippen LogP contribution in [0.2, 0.25) is 0 Å². The van der Waals surface area contributed by atoms with Crippen molar-refractivity contribution in [3.8, 4) is 11.5 Å². The molecule has 2 heterocycles. The monoisotopic (exact) mass is 492 g/mol. The number of benzene rings is 2. The fourth-order valence-corrected chi connectivity index (χ4v) is 4.55. The lowest BCUT2D eigenvalue weighted by molar-refractivity contribution is -0.140. The summed E-state index contributed by atoms with van der Waals surface area (Å²) in [6.07, 6.45) is 2.36. The van der Waals surface area contributed by atoms with Gasteiger partial charge in [-0.25, -0.2) is 0 Å². The number of amides is 1. The van der Waals surface area contributed by atoms with E-state index in [0.717, 1.165) is 25.2 Å². The molecule has 1 atom stereocenters. The maximum Gasteiger partial charge on any atom is 0.295 e. The minimum absolute atomic E-state index is 0.0799. The molecule has 36 heavy (non-hydrogen) atoms. The van der Waals surface area contributed by atoms with Gasteiger partial charge in [0.05, 0.1) is 31.9 Å². The molecule has 0 saturated carbocycles. The number of carbonyl (C=O) groups is 2. The summed E-state index contributed by atoms with van der Waals surface area (Å²) in [5, 5.41) is 11.2. The van der Waals surface area contributed by atoms with Gasteiger partial charge in [0.2, 0.25) is 0 Å². The van der Waals surface area contributed by atoms with Crippen LogP contribution < -0.4 is 9.47 Å². The normalized spacial score (nSPS) is 19.9. The van der Waals surface area contributed by atoms with Crippen molar-refractivity contribution in [2.45, 2.75) is 12.5 Å². The number of nitrogens with zero attached hydrogens (tertiary/aromatic N) is 2. The summed E-state index contributed by atoms with van der Waals surface area (Å²) < 4.78 is 16.2. The number of likely N-dealkylation sites (tertiary alicyclic amines) is 1. The first-order chi connectivity index (χ1) is 17.5. The molecule has 190 valence electrons. The molecule has 2 aromatic rings. The van der Waals surface area contributed by atoms with Crippen molar-refractivity contribution in [1.29, 1.82) is 0 Å². The molecule has 0 aliphatic carbocycles. The Morgan fingerprint density at radius 2 is 1.72 bits per heavy atom. The third kappa shape index (κ3) is 5.61. The highest BCUT2D eigenvalue weighted by atomic mass is 16.5. The molecule has 4 rings (SSSR count). The van der Waals surface area contributed by atoms with E-state index < -0.39 is 17.7 Å². The van der Waals surface area contributed by atoms with Crippen molar-refractivity contribution in [3.05, 3.63) is 77.9 Å². The molecule has 0 aromatic heterocycles. The predicted octanol–water partition coefficient (Wildman–Crippen LogP) is 3.40. The summed E-state index contributed by atoms with van der Waals surface area (Å²) in [7, 11) is 1.56. The van der Waals surface area contributed by atoms with Crippen LogP contribution in [0, 0.1) is 0 Å². The van der Waals surface area contributed by atoms with Crippen LogP contribution in [0.15, 0.2) is 66.8 Å². The standard InChI is InChI=1S/C28H32N2O6/c1-3-17-36-23-11-5-20(6-12-23)25-24(26(31)21-7-9-22(34-2)10-8-21)27(32)28(33)30(25)14-4-13-29-15-18-35-19-16-29/h3,5-12,25,31H,1,4,13-19H2,2H3/b26-24-. The molecule has 8 nitrogen and oxygen atoms in total. The second-order valence-corrected chi connectivity index (χ2v) is 8.70. The largest absolute Gasteiger partial charge is 0.507 e. The molecule has 2 fully saturated rings. The number of carbonyl (C=O) groups excluding carboxylic acids is 2. The number of ether oxygens (including phenoxy) is 3. The second-order valence-electron chi connectivity index (χ2n) is 8.70. The minimum Gasteiger partial charge on any atom is -0.507 e. The van der Waals surface area contributed by atoms with Crippen LogP contribution in [0.1, 0.15) is 23.6 Å². The minimum atomic E-state index is -0.703. The molecule has 2 aromatic carbocycles. The molecule has 0 bridgehead atoms. The number of rotatable bonds is 10. The van der Waals surface area contributed by atoms with Gasteiger partial charge < -0.3 is 24.2 Å². The van der Waals surface area contributed by atoms with E-state index in [1.807, 2.05) is 12.1 Å². The molecule has 1 amide bonds. The molecule has 2 aliphatic rings. The number of aliphatic hydroxyl groups excluding tert-OH is 1. The summed E-state index contributed by atoms with van der Waals surface area (Å²) in [4.78, 5) is 30.2. The Balaban J connectivity index is 1.65. The van der Waals surface area contributed by atoms with E-state index >= 15 is 0 Å². The highest BCUT2D eigenvalue weighted by Crippen LogP contribution is 2.40. The molecule has 1 unspecified atom stereocenters. The molecular formula is C28H32N2O6. The maximum atomic E-state index is 13.2. The van der Waals surface area contributed by atoms with E-state index in [1.165, 1.54) is 0 Å². The van der Waals surface area contributed by atoms with Gasteiger partial charge in [-0.1, -0.05) is 24.8 Å². The fourth-order valence-electron chi connectivity index (χ4n) is 4.55. The number of morpholine rings is 1. The summed E-state index contributed by atoms with van der Waals surface area (Å²) in [6, 6.07) is 13.3. The Bertz CT molecular complexity index is 1100. The van der Waals surface area contributed by atoms with Crippen LogP contribution in [0.5, 0.6) is 11.5 Å². The Morgan fingerprint density at radius 1 is 1.06 bits per heavy atom. The van der Waals surface area contributed by atoms with E-state index in [0.29, 0.717) is 49.8 Å². The molecular weight excluding hydrogens is 460 g/mol. The topological polar surface area (TPSA) is 88.5 Å². The van der Waals surface area contributed by atoms with Gasteiger partial charge in [-0.05, 0) is 48.4 Å². The van der Waals surface area contributed by atoms with Crippen LogP contribution >= 0.6 is 0 Å². The first-order valence-corrected chi connectivity index (χ1v) is 12.1. The number of ketones is 1. The number of hydrogen-bond acceptors (Lipinski definition) is 7. The lowest BCUT2D eigenvalue weighted by Gasteiger charge is -2.29. The Kier molecular flexibility index (Phi) is 8.40. The number of methoxy groups -OCH3 is 1. The molecule has 2 saturated heterocycles. The van der Waals surface area contributed by atoms with Gasteiger partial charge in [0.15, 0.2) is 0 Å². The van der Waals surface area contributed by atoms with Crippen LogP contribution in [0.3, 0.4) is 0 Å². The van der Waals surface area contributed by atoms with Gasteiger partial charge >= 0.3 is 0 Å². The molecule has 8 heteroatoms. The summed E-state index contributed by atoms with van der Waals surface area (Å²) in [5.74, 6) is -0.223. The predicted molar refractivity (Wildman–Crippen MR) is 136 cm³/mol. The Morgan fingerprint density at radius 3 is 2.36 bits per heavy atom. The Labute approximate surface area is 211 Å². The van der Waals surface area contributed by atoms with Crippen molar-refractivity contribution in [2.24, 2.45) is 0 Å². The highest BCUT2D eigenvalue weighted by molar-refractivity contribution is 6.46. The Hall–Kier alpha value is -3.62. The van der Waals surface area contributed by atoms with E-state index in [4.69, 9.17) is 14.2 Å². The first-order valence-electron chi connectivity index (χ1n) is 12.1. The molecule has 0 radical (unpaired) electrons. The van der Waals surface area contributed by atoms with E-state index in [9.17, 15) is 14.7 Å². The van der Waals surface area contributed by atoms with Gasteiger partial charge in [-0.3, -0.25) is 14.5 Å². The molecule has 0 spiro atoms. The van der Waals surface area contributed by atoms with Crippen molar-refractivity contribution in [3.63, 3.8) is 0 Å². The lowest BCUT2D eigenvalue weighted by atomic mass is 9.95. The van der Waals surface area contributed by atoms with Gasteiger partial charge in [0.1, 0.15) is 23.9 Å². The third-order valence-electron chi connectivity index (χ3n) is 6.44. The van der Waals surface area contributed by atoms with Crippen molar-refractivity contribution in [2.75, 3.05) is 53.1 Å². The van der Waals surface area contributed by atoms with Crippen molar-refractivity contribution < 1.29 is 28.9 Å². The molecule has 1 N–H and O–H groups in total. The van der Waals surface area contributed by atoms with Crippen LogP contribution in [0.25, 0.3) is 5.76 Å². The highest BCUT2D eigenvalue weighted by Gasteiger charge is 2.45. The van der Waals surface area contributed by atoms with E-state index in [-0.39, 0.29) is 11.3 Å². The lowest BCUT2D eigenvalue weighted by Crippen LogP contribution is -2.38. The number of aliphatic hydroxyl groups is 1. The maximum absolute atomic E-state index is 13.2. The van der Waals surface area contributed by atoms with Gasteiger partial charge in [0, 0.05) is 31.7 Å². The second kappa shape index (κ2) is 11.9. The number of Topliss-reactive ketones (excluding diaryl/α,β-unsaturated/α-hetero) is 1. The average molecular weight is 493 g/mol. The smallest absolute Gasteiger partial charge is 0.295 e. The molecule has 2 aliphatic heterocycles. The van der Waals surface area contributed by atoms with Crippen molar-refractivity contribution >= 4 is 17.4 Å². The summed E-state index contributed by atoms with van der Waals surface area (Å²) in [5.41, 5.74) is 1.25. The van der Waals surface area contributed by atoms with Crippen LogP contribution in [0.4, 0.5) is 0 Å². The zero-order valence-corrected chi connectivity index (χ0v) is 20.5. The SMILES string of the molecule is C=CCOc1ccc(C2/C(=C(/O)c3ccc(OC)cc3)C(=O)C(=O)N2CCCN2CCOCC2)cc1. The number of hydrogen-bond donors (Lipinski definition) is 1. The van der Waals surface area contributed by atoms with Crippen molar-refractivity contribution in [1.82, 2.24) is 9.80 Å². The third-order valence-corrected chi connectivity index (χ3v) is 6.44.